The summed E-state index contributed by atoms with van der Waals surface area (Å²) in [6.45, 7) is 1.76. The number of nitriles is 1. The normalized spacial score (nSPS) is 10.3. The molecule has 0 amide bonds. The molecule has 3 aromatic rings. The molecular formula is C22H15Cl2FN4O2. The number of benzene rings is 2. The number of halogens is 3. The van der Waals surface area contributed by atoms with Crippen molar-refractivity contribution in [2.75, 3.05) is 0 Å². The van der Waals surface area contributed by atoms with Crippen molar-refractivity contribution in [3.05, 3.63) is 86.9 Å². The van der Waals surface area contributed by atoms with Crippen molar-refractivity contribution in [3.8, 4) is 17.6 Å². The molecule has 0 radical (unpaired) electrons. The summed E-state index contributed by atoms with van der Waals surface area (Å²) in [6.07, 6.45) is 2.86. The van der Waals surface area contributed by atoms with Crippen LogP contribution in [0, 0.1) is 34.9 Å². The van der Waals surface area contributed by atoms with Gasteiger partial charge in [0.1, 0.15) is 5.75 Å². The molecule has 156 valence electrons. The molecule has 0 atom stereocenters. The first-order chi connectivity index (χ1) is 14.8. The van der Waals surface area contributed by atoms with E-state index in [4.69, 9.17) is 48.8 Å². The molecule has 9 heteroatoms. The third-order valence-corrected chi connectivity index (χ3v) is 4.71. The average Bonchev–Trinajstić information content (AvgIpc) is 2.73. The molecule has 3 rings (SSSR count). The highest BCUT2D eigenvalue weighted by molar-refractivity contribution is 6.32. The number of hydrogen-bond acceptors (Lipinski definition) is 6. The van der Waals surface area contributed by atoms with Crippen LogP contribution in [0.15, 0.2) is 48.8 Å². The predicted molar refractivity (Wildman–Crippen MR) is 116 cm³/mol. The minimum Gasteiger partial charge on any atom is -0.453 e. The first-order valence-electron chi connectivity index (χ1n) is 8.88. The SMILES string of the molecule is Cc1cnccc1C(=N)OC(=N)Cc1ccc(Cl)c(Oc2cc(Cl)cc(C#N)c2)c1F. The van der Waals surface area contributed by atoms with Crippen molar-refractivity contribution in [2.45, 2.75) is 13.3 Å². The molecule has 0 aliphatic heterocycles. The van der Waals surface area contributed by atoms with Crippen molar-refractivity contribution in [2.24, 2.45) is 0 Å². The second kappa shape index (κ2) is 9.56. The first-order valence-corrected chi connectivity index (χ1v) is 9.64. The Kier molecular flexibility index (Phi) is 6.85. The molecular weight excluding hydrogens is 442 g/mol. The largest absolute Gasteiger partial charge is 0.453 e. The van der Waals surface area contributed by atoms with E-state index >= 15 is 4.39 Å². The lowest BCUT2D eigenvalue weighted by Gasteiger charge is -2.13. The summed E-state index contributed by atoms with van der Waals surface area (Å²) >= 11 is 12.1. The minimum absolute atomic E-state index is 0.00679. The van der Waals surface area contributed by atoms with Crippen LogP contribution in [-0.4, -0.2) is 16.8 Å². The molecule has 2 N–H and O–H groups in total. The van der Waals surface area contributed by atoms with E-state index in [-0.39, 0.29) is 50.9 Å². The van der Waals surface area contributed by atoms with Gasteiger partial charge in [-0.25, -0.2) is 4.39 Å². The maximum atomic E-state index is 15.1. The van der Waals surface area contributed by atoms with Crippen LogP contribution in [-0.2, 0) is 11.2 Å². The lowest BCUT2D eigenvalue weighted by atomic mass is 10.1. The zero-order valence-electron chi connectivity index (χ0n) is 16.2. The monoisotopic (exact) mass is 456 g/mol. The number of pyridine rings is 1. The first kappa shape index (κ1) is 22.2. The summed E-state index contributed by atoms with van der Waals surface area (Å²) in [5.41, 5.74) is 1.53. The lowest BCUT2D eigenvalue weighted by molar-refractivity contribution is 0.438. The van der Waals surface area contributed by atoms with E-state index in [1.54, 1.807) is 19.2 Å². The Labute approximate surface area is 187 Å². The molecule has 1 aromatic heterocycles. The highest BCUT2D eigenvalue weighted by Crippen LogP contribution is 2.35. The zero-order valence-corrected chi connectivity index (χ0v) is 17.7. The Morgan fingerprint density at radius 3 is 2.68 bits per heavy atom. The fraction of sp³-hybridized carbons (Fsp3) is 0.0909. The summed E-state index contributed by atoms with van der Waals surface area (Å²) in [5.74, 6) is -1.48. The third-order valence-electron chi connectivity index (χ3n) is 4.19. The van der Waals surface area contributed by atoms with E-state index in [9.17, 15) is 0 Å². The van der Waals surface area contributed by atoms with Gasteiger partial charge in [-0.05, 0) is 42.8 Å². The molecule has 0 spiro atoms. The van der Waals surface area contributed by atoms with Crippen LogP contribution in [0.5, 0.6) is 11.5 Å². The van der Waals surface area contributed by atoms with Crippen molar-refractivity contribution in [3.63, 3.8) is 0 Å². The van der Waals surface area contributed by atoms with Crippen LogP contribution < -0.4 is 4.74 Å². The van der Waals surface area contributed by atoms with E-state index < -0.39 is 5.82 Å². The molecule has 0 aliphatic carbocycles. The third kappa shape index (κ3) is 5.37. The van der Waals surface area contributed by atoms with Gasteiger partial charge in [0, 0.05) is 28.5 Å². The maximum Gasteiger partial charge on any atom is 0.221 e. The van der Waals surface area contributed by atoms with Crippen LogP contribution in [0.1, 0.15) is 22.3 Å². The van der Waals surface area contributed by atoms with E-state index in [0.717, 1.165) is 0 Å². The Morgan fingerprint density at radius 2 is 1.97 bits per heavy atom. The van der Waals surface area contributed by atoms with Crippen molar-refractivity contribution in [1.82, 2.24) is 4.98 Å². The van der Waals surface area contributed by atoms with E-state index in [0.29, 0.717) is 11.1 Å². The quantitative estimate of drug-likeness (QED) is 0.359. The molecule has 0 unspecified atom stereocenters. The molecule has 6 nitrogen and oxygen atoms in total. The summed E-state index contributed by atoms with van der Waals surface area (Å²) in [6, 6.07) is 10.6. The van der Waals surface area contributed by atoms with Gasteiger partial charge >= 0.3 is 0 Å². The number of aryl methyl sites for hydroxylation is 1. The van der Waals surface area contributed by atoms with Crippen LogP contribution >= 0.6 is 23.2 Å². The Morgan fingerprint density at radius 1 is 1.19 bits per heavy atom. The maximum absolute atomic E-state index is 15.1. The highest BCUT2D eigenvalue weighted by atomic mass is 35.5. The van der Waals surface area contributed by atoms with Crippen molar-refractivity contribution >= 4 is 35.0 Å². The number of rotatable bonds is 5. The predicted octanol–water partition coefficient (Wildman–Crippen LogP) is 6.06. The number of hydrogen-bond donors (Lipinski definition) is 2. The Hall–Kier alpha value is -3.47. The van der Waals surface area contributed by atoms with Crippen LogP contribution in [0.4, 0.5) is 4.39 Å². The summed E-state index contributed by atoms with van der Waals surface area (Å²) in [5, 5.41) is 25.4. The summed E-state index contributed by atoms with van der Waals surface area (Å²) < 4.78 is 25.9. The molecule has 0 fully saturated rings. The van der Waals surface area contributed by atoms with E-state index in [1.807, 2.05) is 6.07 Å². The average molecular weight is 457 g/mol. The topological polar surface area (TPSA) is 103 Å². The fourth-order valence-electron chi connectivity index (χ4n) is 2.72. The Bertz CT molecular complexity index is 1220. The number of nitrogens with one attached hydrogen (secondary N) is 2. The van der Waals surface area contributed by atoms with Gasteiger partial charge < -0.3 is 9.47 Å². The van der Waals surface area contributed by atoms with Gasteiger partial charge in [-0.1, -0.05) is 29.3 Å². The van der Waals surface area contributed by atoms with E-state index in [2.05, 4.69) is 4.98 Å². The summed E-state index contributed by atoms with van der Waals surface area (Å²) in [4.78, 5) is 3.95. The lowest BCUT2D eigenvalue weighted by Crippen LogP contribution is -2.16. The van der Waals surface area contributed by atoms with Gasteiger partial charge in [0.2, 0.25) is 5.90 Å². The van der Waals surface area contributed by atoms with Crippen molar-refractivity contribution in [1.29, 1.82) is 16.1 Å². The van der Waals surface area contributed by atoms with Gasteiger partial charge in [-0.2, -0.15) is 5.26 Å². The second-order valence-corrected chi connectivity index (χ2v) is 7.30. The van der Waals surface area contributed by atoms with Crippen LogP contribution in [0.25, 0.3) is 0 Å². The second-order valence-electron chi connectivity index (χ2n) is 6.46. The zero-order chi connectivity index (χ0) is 22.5. The molecule has 31 heavy (non-hydrogen) atoms. The van der Waals surface area contributed by atoms with Crippen molar-refractivity contribution < 1.29 is 13.9 Å². The van der Waals surface area contributed by atoms with Gasteiger partial charge in [-0.3, -0.25) is 15.8 Å². The molecule has 2 aromatic carbocycles. The molecule has 0 saturated heterocycles. The van der Waals surface area contributed by atoms with E-state index in [1.165, 1.54) is 36.5 Å². The van der Waals surface area contributed by atoms with Gasteiger partial charge in [0.05, 0.1) is 23.1 Å². The Balaban J connectivity index is 1.80. The standard InChI is InChI=1S/C22H15Cl2FN4O2/c1-12-11-29-5-4-17(12)22(28)31-19(27)8-14-2-3-18(24)21(20(14)25)30-16-7-13(10-26)6-15(23)9-16/h2-7,9,11,27-28H,8H2,1H3. The minimum atomic E-state index is -0.786. The molecule has 0 aliphatic rings. The summed E-state index contributed by atoms with van der Waals surface area (Å²) in [7, 11) is 0. The number of aromatic nitrogens is 1. The fourth-order valence-corrected chi connectivity index (χ4v) is 3.13. The van der Waals surface area contributed by atoms with Crippen LogP contribution in [0.3, 0.4) is 0 Å². The van der Waals surface area contributed by atoms with Gasteiger partial charge in [-0.15, -0.1) is 0 Å². The van der Waals surface area contributed by atoms with Gasteiger partial charge in [0.25, 0.3) is 0 Å². The smallest absolute Gasteiger partial charge is 0.221 e. The number of nitrogens with zero attached hydrogens (tertiary/aromatic N) is 2. The van der Waals surface area contributed by atoms with Gasteiger partial charge in [0.15, 0.2) is 17.5 Å². The molecule has 0 bridgehead atoms. The molecule has 0 saturated carbocycles. The number of ether oxygens (including phenoxy) is 2. The molecule has 1 heterocycles. The highest BCUT2D eigenvalue weighted by Gasteiger charge is 2.18. The van der Waals surface area contributed by atoms with Crippen LogP contribution in [0.2, 0.25) is 10.0 Å².